The summed E-state index contributed by atoms with van der Waals surface area (Å²) >= 11 is 2.29. The molecule has 0 aliphatic carbocycles. The van der Waals surface area contributed by atoms with E-state index in [9.17, 15) is 4.79 Å². The number of ether oxygens (including phenoxy) is 2. The first-order chi connectivity index (χ1) is 7.81. The summed E-state index contributed by atoms with van der Waals surface area (Å²) < 4.78 is 11.8. The lowest BCUT2D eigenvalue weighted by molar-refractivity contribution is -0.114. The van der Waals surface area contributed by atoms with Crippen molar-refractivity contribution in [2.45, 2.75) is 18.9 Å². The average Bonchev–Trinajstić information content (AvgIpc) is 2.34. The van der Waals surface area contributed by atoms with Gasteiger partial charge < -0.3 is 9.47 Å². The van der Waals surface area contributed by atoms with E-state index in [1.165, 1.54) is 0 Å². The molecule has 4 heteroatoms. The Morgan fingerprint density at radius 2 is 2.06 bits per heavy atom. The van der Waals surface area contributed by atoms with Crippen LogP contribution in [0.15, 0.2) is 24.3 Å². The highest BCUT2D eigenvalue weighted by atomic mass is 127. The molecule has 0 aromatic heterocycles. The molecule has 1 aromatic rings. The zero-order valence-electron chi connectivity index (χ0n) is 9.19. The smallest absolute Gasteiger partial charge is 0.162 e. The van der Waals surface area contributed by atoms with E-state index < -0.39 is 0 Å². The maximum atomic E-state index is 10.8. The Hall–Kier alpha value is -0.780. The number of rotatable bonds is 7. The van der Waals surface area contributed by atoms with E-state index in [2.05, 4.69) is 22.6 Å². The highest BCUT2D eigenvalue weighted by molar-refractivity contribution is 14.1. The summed E-state index contributed by atoms with van der Waals surface area (Å²) in [5.74, 6) is 1.28. The van der Waals surface area contributed by atoms with E-state index in [1.54, 1.807) is 13.2 Å². The minimum atomic E-state index is -0.383. The Balaban J connectivity index is 2.65. The Kier molecular flexibility index (Phi) is 6.22. The molecule has 1 rings (SSSR count). The number of para-hydroxylation sites is 2. The van der Waals surface area contributed by atoms with Crippen molar-refractivity contribution in [1.29, 1.82) is 0 Å². The van der Waals surface area contributed by atoms with Crippen LogP contribution in [0.4, 0.5) is 0 Å². The molecule has 16 heavy (non-hydrogen) atoms. The second kappa shape index (κ2) is 7.49. The Labute approximate surface area is 109 Å². The van der Waals surface area contributed by atoms with E-state index in [0.717, 1.165) is 23.6 Å². The second-order valence-corrected chi connectivity index (χ2v) is 4.35. The third-order valence-corrected chi connectivity index (χ3v) is 2.88. The van der Waals surface area contributed by atoms with Gasteiger partial charge in [-0.3, -0.25) is 4.79 Å². The molecular weight excluding hydrogens is 319 g/mol. The first-order valence-corrected chi connectivity index (χ1v) is 6.65. The molecule has 0 N–H and O–H groups in total. The van der Waals surface area contributed by atoms with Crippen LogP contribution in [0.5, 0.6) is 11.5 Å². The van der Waals surface area contributed by atoms with Gasteiger partial charge in [-0.2, -0.15) is 0 Å². The third kappa shape index (κ3) is 4.00. The first-order valence-electron chi connectivity index (χ1n) is 5.12. The van der Waals surface area contributed by atoms with Gasteiger partial charge in [-0.1, -0.05) is 34.7 Å². The van der Waals surface area contributed by atoms with E-state index in [4.69, 9.17) is 9.47 Å². The molecule has 88 valence electrons. The standard InChI is InChI=1S/C12H15IO3/c1-15-11-6-2-3-7-12(11)16-10(9-14)5-4-8-13/h2-3,6-7,9-10H,4-5,8H2,1H3. The highest BCUT2D eigenvalue weighted by Crippen LogP contribution is 2.27. The van der Waals surface area contributed by atoms with Crippen LogP contribution in [-0.4, -0.2) is 23.9 Å². The molecule has 0 fully saturated rings. The number of methoxy groups -OCH3 is 1. The van der Waals surface area contributed by atoms with E-state index >= 15 is 0 Å². The zero-order chi connectivity index (χ0) is 11.8. The molecule has 0 spiro atoms. The SMILES string of the molecule is COc1ccccc1OC(C=O)CCCI. The van der Waals surface area contributed by atoms with Crippen LogP contribution in [0, 0.1) is 0 Å². The molecule has 3 nitrogen and oxygen atoms in total. The van der Waals surface area contributed by atoms with Crippen LogP contribution >= 0.6 is 22.6 Å². The second-order valence-electron chi connectivity index (χ2n) is 3.27. The molecule has 1 atom stereocenters. The maximum Gasteiger partial charge on any atom is 0.162 e. The van der Waals surface area contributed by atoms with E-state index in [1.807, 2.05) is 18.2 Å². The van der Waals surface area contributed by atoms with Gasteiger partial charge in [0.05, 0.1) is 7.11 Å². The summed E-state index contributed by atoms with van der Waals surface area (Å²) in [6.07, 6.45) is 2.17. The monoisotopic (exact) mass is 334 g/mol. The van der Waals surface area contributed by atoms with E-state index in [0.29, 0.717) is 11.5 Å². The van der Waals surface area contributed by atoms with Crippen LogP contribution in [0.25, 0.3) is 0 Å². The summed E-state index contributed by atoms with van der Waals surface area (Å²) in [5.41, 5.74) is 0. The maximum absolute atomic E-state index is 10.8. The molecule has 0 saturated heterocycles. The predicted molar refractivity (Wildman–Crippen MR) is 71.6 cm³/mol. The average molecular weight is 334 g/mol. The Bertz CT molecular complexity index is 328. The third-order valence-electron chi connectivity index (χ3n) is 2.12. The highest BCUT2D eigenvalue weighted by Gasteiger charge is 2.11. The van der Waals surface area contributed by atoms with Gasteiger partial charge in [-0.05, 0) is 29.4 Å². The van der Waals surface area contributed by atoms with Crippen LogP contribution in [0.1, 0.15) is 12.8 Å². The number of halogens is 1. The van der Waals surface area contributed by atoms with Crippen molar-refractivity contribution >= 4 is 28.9 Å². The molecular formula is C12H15IO3. The van der Waals surface area contributed by atoms with Gasteiger partial charge in [0, 0.05) is 0 Å². The van der Waals surface area contributed by atoms with Crippen molar-refractivity contribution < 1.29 is 14.3 Å². The molecule has 0 amide bonds. The Morgan fingerprint density at radius 1 is 1.38 bits per heavy atom. The summed E-state index contributed by atoms with van der Waals surface area (Å²) in [4.78, 5) is 10.8. The molecule has 1 aromatic carbocycles. The van der Waals surface area contributed by atoms with Crippen molar-refractivity contribution in [2.75, 3.05) is 11.5 Å². The number of carbonyl (C=O) groups is 1. The molecule has 1 unspecified atom stereocenters. The number of benzene rings is 1. The number of hydrogen-bond donors (Lipinski definition) is 0. The molecule has 0 heterocycles. The van der Waals surface area contributed by atoms with Gasteiger partial charge in [0.25, 0.3) is 0 Å². The normalized spacial score (nSPS) is 11.9. The number of hydrogen-bond acceptors (Lipinski definition) is 3. The molecule has 0 bridgehead atoms. The van der Waals surface area contributed by atoms with Gasteiger partial charge in [0.2, 0.25) is 0 Å². The lowest BCUT2D eigenvalue weighted by Crippen LogP contribution is -2.18. The molecule has 0 radical (unpaired) electrons. The molecule has 0 saturated carbocycles. The molecule has 0 aliphatic heterocycles. The topological polar surface area (TPSA) is 35.5 Å². The van der Waals surface area contributed by atoms with Crippen molar-refractivity contribution in [2.24, 2.45) is 0 Å². The summed E-state index contributed by atoms with van der Waals surface area (Å²) in [7, 11) is 1.59. The number of carbonyl (C=O) groups excluding carboxylic acids is 1. The van der Waals surface area contributed by atoms with Crippen molar-refractivity contribution in [3.05, 3.63) is 24.3 Å². The van der Waals surface area contributed by atoms with Crippen LogP contribution in [-0.2, 0) is 4.79 Å². The molecule has 0 aliphatic rings. The fourth-order valence-corrected chi connectivity index (χ4v) is 1.75. The number of alkyl halides is 1. The minimum absolute atomic E-state index is 0.383. The lowest BCUT2D eigenvalue weighted by Gasteiger charge is -2.15. The minimum Gasteiger partial charge on any atom is -0.493 e. The van der Waals surface area contributed by atoms with Gasteiger partial charge in [0.1, 0.15) is 0 Å². The largest absolute Gasteiger partial charge is 0.493 e. The summed E-state index contributed by atoms with van der Waals surface area (Å²) in [6, 6.07) is 7.35. The van der Waals surface area contributed by atoms with Gasteiger partial charge >= 0.3 is 0 Å². The number of aldehydes is 1. The van der Waals surface area contributed by atoms with Crippen LogP contribution < -0.4 is 9.47 Å². The zero-order valence-corrected chi connectivity index (χ0v) is 11.3. The Morgan fingerprint density at radius 3 is 2.62 bits per heavy atom. The lowest BCUT2D eigenvalue weighted by atomic mass is 10.2. The van der Waals surface area contributed by atoms with Gasteiger partial charge in [-0.25, -0.2) is 0 Å². The first kappa shape index (κ1) is 13.3. The van der Waals surface area contributed by atoms with Crippen molar-refractivity contribution in [3.63, 3.8) is 0 Å². The van der Waals surface area contributed by atoms with Crippen molar-refractivity contribution in [1.82, 2.24) is 0 Å². The summed E-state index contributed by atoms with van der Waals surface area (Å²) in [6.45, 7) is 0. The fourth-order valence-electron chi connectivity index (χ4n) is 1.31. The van der Waals surface area contributed by atoms with E-state index in [-0.39, 0.29) is 6.10 Å². The van der Waals surface area contributed by atoms with Crippen molar-refractivity contribution in [3.8, 4) is 11.5 Å². The summed E-state index contributed by atoms with van der Waals surface area (Å²) in [5, 5.41) is 0. The van der Waals surface area contributed by atoms with Crippen LogP contribution in [0.2, 0.25) is 0 Å². The van der Waals surface area contributed by atoms with Gasteiger partial charge in [-0.15, -0.1) is 0 Å². The predicted octanol–water partition coefficient (Wildman–Crippen LogP) is 2.86. The van der Waals surface area contributed by atoms with Crippen LogP contribution in [0.3, 0.4) is 0 Å². The fraction of sp³-hybridized carbons (Fsp3) is 0.417. The quantitative estimate of drug-likeness (QED) is 0.437. The van der Waals surface area contributed by atoms with Gasteiger partial charge in [0.15, 0.2) is 23.9 Å².